The van der Waals surface area contributed by atoms with E-state index >= 15 is 0 Å². The van der Waals surface area contributed by atoms with Crippen LogP contribution in [0.25, 0.3) is 11.4 Å². The minimum absolute atomic E-state index is 0.789. The molecule has 1 aromatic carbocycles. The summed E-state index contributed by atoms with van der Waals surface area (Å²) in [5, 5.41) is 4.11. The fourth-order valence-electron chi connectivity index (χ4n) is 2.10. The number of benzene rings is 1. The molecule has 1 N–H and O–H groups in total. The summed E-state index contributed by atoms with van der Waals surface area (Å²) in [4.78, 5) is 4.46. The lowest BCUT2D eigenvalue weighted by atomic mass is 10.1. The Labute approximate surface area is 119 Å². The van der Waals surface area contributed by atoms with Crippen molar-refractivity contribution in [3.63, 3.8) is 0 Å². The van der Waals surface area contributed by atoms with Gasteiger partial charge in [-0.1, -0.05) is 25.4 Å². The third-order valence-corrected chi connectivity index (χ3v) is 3.42. The molecule has 0 aliphatic heterocycles. The predicted octanol–water partition coefficient (Wildman–Crippen LogP) is 3.72. The van der Waals surface area contributed by atoms with Gasteiger partial charge in [0.15, 0.2) is 0 Å². The van der Waals surface area contributed by atoms with Gasteiger partial charge >= 0.3 is 0 Å². The smallest absolute Gasteiger partial charge is 0.139 e. The van der Waals surface area contributed by atoms with E-state index in [4.69, 9.17) is 11.6 Å². The lowest BCUT2D eigenvalue weighted by Gasteiger charge is -2.10. The fourth-order valence-corrected chi connectivity index (χ4v) is 2.28. The second-order valence-electron chi connectivity index (χ2n) is 4.53. The first-order valence-corrected chi connectivity index (χ1v) is 7.14. The molecule has 3 nitrogen and oxygen atoms in total. The van der Waals surface area contributed by atoms with Crippen molar-refractivity contribution in [1.29, 1.82) is 0 Å². The van der Waals surface area contributed by atoms with Crippen molar-refractivity contribution < 1.29 is 0 Å². The van der Waals surface area contributed by atoms with Gasteiger partial charge in [-0.25, -0.2) is 4.98 Å². The van der Waals surface area contributed by atoms with E-state index in [9.17, 15) is 0 Å². The molecule has 0 aliphatic carbocycles. The highest BCUT2D eigenvalue weighted by molar-refractivity contribution is 6.31. The zero-order chi connectivity index (χ0) is 13.7. The molecule has 0 unspecified atom stereocenters. The Kier molecular flexibility index (Phi) is 5.00. The predicted molar refractivity (Wildman–Crippen MR) is 80.3 cm³/mol. The highest BCUT2D eigenvalue weighted by atomic mass is 35.5. The van der Waals surface area contributed by atoms with E-state index < -0.39 is 0 Å². The van der Waals surface area contributed by atoms with E-state index in [1.54, 1.807) is 0 Å². The highest BCUT2D eigenvalue weighted by Gasteiger charge is 2.08. The molecule has 0 bridgehead atoms. The number of imidazole rings is 1. The van der Waals surface area contributed by atoms with E-state index in [-0.39, 0.29) is 0 Å². The minimum Gasteiger partial charge on any atom is -0.331 e. The van der Waals surface area contributed by atoms with E-state index in [1.165, 1.54) is 0 Å². The van der Waals surface area contributed by atoms with Crippen LogP contribution in [0.15, 0.2) is 30.6 Å². The first-order chi connectivity index (χ1) is 9.26. The van der Waals surface area contributed by atoms with Gasteiger partial charge in [0, 0.05) is 36.1 Å². The van der Waals surface area contributed by atoms with Crippen LogP contribution in [0, 0.1) is 0 Å². The Balaban J connectivity index is 2.31. The largest absolute Gasteiger partial charge is 0.331 e. The minimum atomic E-state index is 0.789. The van der Waals surface area contributed by atoms with Crippen LogP contribution in [0.3, 0.4) is 0 Å². The van der Waals surface area contributed by atoms with Gasteiger partial charge in [-0.2, -0.15) is 0 Å². The molecule has 1 heterocycles. The molecular weight excluding hydrogens is 258 g/mol. The molecule has 4 heteroatoms. The van der Waals surface area contributed by atoms with Gasteiger partial charge in [-0.15, -0.1) is 0 Å². The maximum atomic E-state index is 6.23. The van der Waals surface area contributed by atoms with Crippen molar-refractivity contribution in [3.8, 4) is 11.4 Å². The Hall–Kier alpha value is -1.32. The average Bonchev–Trinajstić information content (AvgIpc) is 2.87. The number of aryl methyl sites for hydroxylation is 1. The molecule has 0 amide bonds. The van der Waals surface area contributed by atoms with Crippen molar-refractivity contribution in [1.82, 2.24) is 14.9 Å². The van der Waals surface area contributed by atoms with Crippen LogP contribution in [-0.2, 0) is 13.1 Å². The van der Waals surface area contributed by atoms with Gasteiger partial charge in [-0.05, 0) is 36.7 Å². The molecule has 0 fully saturated rings. The molecule has 2 aromatic rings. The van der Waals surface area contributed by atoms with Crippen molar-refractivity contribution in [2.24, 2.45) is 0 Å². The molecule has 0 radical (unpaired) electrons. The second-order valence-corrected chi connectivity index (χ2v) is 4.94. The molecule has 19 heavy (non-hydrogen) atoms. The zero-order valence-corrected chi connectivity index (χ0v) is 12.2. The molecular formula is C15H20ClN3. The van der Waals surface area contributed by atoms with Gasteiger partial charge in [0.1, 0.15) is 5.82 Å². The summed E-state index contributed by atoms with van der Waals surface area (Å²) in [7, 11) is 0. The van der Waals surface area contributed by atoms with E-state index in [0.29, 0.717) is 0 Å². The molecule has 1 aromatic heterocycles. The standard InChI is InChI=1S/C15H20ClN3/c1-3-8-19-9-7-18-15(19)12-5-6-14(16)13(10-12)11-17-4-2/h5-7,9-10,17H,3-4,8,11H2,1-2H3. The Morgan fingerprint density at radius 1 is 1.32 bits per heavy atom. The summed E-state index contributed by atoms with van der Waals surface area (Å²) < 4.78 is 2.18. The Morgan fingerprint density at radius 3 is 2.89 bits per heavy atom. The van der Waals surface area contributed by atoms with Crippen LogP contribution >= 0.6 is 11.6 Å². The summed E-state index contributed by atoms with van der Waals surface area (Å²) in [5.41, 5.74) is 2.24. The van der Waals surface area contributed by atoms with Gasteiger partial charge in [0.25, 0.3) is 0 Å². The number of nitrogens with zero attached hydrogens (tertiary/aromatic N) is 2. The molecule has 0 spiro atoms. The molecule has 2 rings (SSSR count). The topological polar surface area (TPSA) is 29.9 Å². The highest BCUT2D eigenvalue weighted by Crippen LogP contribution is 2.24. The van der Waals surface area contributed by atoms with Gasteiger partial charge < -0.3 is 9.88 Å². The molecule has 0 saturated carbocycles. The van der Waals surface area contributed by atoms with E-state index in [0.717, 1.165) is 48.0 Å². The first kappa shape index (κ1) is 14.1. The summed E-state index contributed by atoms with van der Waals surface area (Å²) in [6.45, 7) is 6.97. The lowest BCUT2D eigenvalue weighted by Crippen LogP contribution is -2.12. The number of halogens is 1. The number of rotatable bonds is 6. The van der Waals surface area contributed by atoms with E-state index in [2.05, 4.69) is 34.8 Å². The molecule has 102 valence electrons. The SMILES string of the molecule is CCCn1ccnc1-c1ccc(Cl)c(CNCC)c1. The Bertz CT molecular complexity index is 534. The monoisotopic (exact) mass is 277 g/mol. The van der Waals surface area contributed by atoms with Gasteiger partial charge in [0.05, 0.1) is 0 Å². The van der Waals surface area contributed by atoms with E-state index in [1.807, 2.05) is 24.5 Å². The summed E-state index contributed by atoms with van der Waals surface area (Å²) in [5.74, 6) is 1.01. The summed E-state index contributed by atoms with van der Waals surface area (Å²) in [6, 6.07) is 6.11. The normalized spacial score (nSPS) is 10.9. The third kappa shape index (κ3) is 3.37. The maximum absolute atomic E-state index is 6.23. The number of aromatic nitrogens is 2. The maximum Gasteiger partial charge on any atom is 0.139 e. The van der Waals surface area contributed by atoms with Crippen molar-refractivity contribution in [3.05, 3.63) is 41.2 Å². The molecule has 0 atom stereocenters. The second kappa shape index (κ2) is 6.73. The summed E-state index contributed by atoms with van der Waals surface area (Å²) >= 11 is 6.23. The fraction of sp³-hybridized carbons (Fsp3) is 0.400. The van der Waals surface area contributed by atoms with Crippen LogP contribution < -0.4 is 5.32 Å². The number of hydrogen-bond acceptors (Lipinski definition) is 2. The lowest BCUT2D eigenvalue weighted by molar-refractivity contribution is 0.685. The summed E-state index contributed by atoms with van der Waals surface area (Å²) in [6.07, 6.45) is 4.97. The van der Waals surface area contributed by atoms with Crippen molar-refractivity contribution >= 4 is 11.6 Å². The van der Waals surface area contributed by atoms with Crippen molar-refractivity contribution in [2.45, 2.75) is 33.4 Å². The molecule has 0 saturated heterocycles. The van der Waals surface area contributed by atoms with Crippen LogP contribution in [-0.4, -0.2) is 16.1 Å². The molecule has 0 aliphatic rings. The Morgan fingerprint density at radius 2 is 2.16 bits per heavy atom. The van der Waals surface area contributed by atoms with Gasteiger partial charge in [-0.3, -0.25) is 0 Å². The van der Waals surface area contributed by atoms with Crippen LogP contribution in [0.4, 0.5) is 0 Å². The van der Waals surface area contributed by atoms with Crippen LogP contribution in [0.1, 0.15) is 25.8 Å². The number of hydrogen-bond donors (Lipinski definition) is 1. The van der Waals surface area contributed by atoms with Crippen LogP contribution in [0.5, 0.6) is 0 Å². The van der Waals surface area contributed by atoms with Crippen molar-refractivity contribution in [2.75, 3.05) is 6.54 Å². The van der Waals surface area contributed by atoms with Crippen LogP contribution in [0.2, 0.25) is 5.02 Å². The third-order valence-electron chi connectivity index (χ3n) is 3.05. The number of nitrogens with one attached hydrogen (secondary N) is 1. The zero-order valence-electron chi connectivity index (χ0n) is 11.5. The first-order valence-electron chi connectivity index (χ1n) is 6.77. The quantitative estimate of drug-likeness (QED) is 0.872. The average molecular weight is 278 g/mol. The van der Waals surface area contributed by atoms with Gasteiger partial charge in [0.2, 0.25) is 0 Å².